The zero-order valence-electron chi connectivity index (χ0n) is 5.85. The monoisotopic (exact) mass is 156 g/mol. The van der Waals surface area contributed by atoms with E-state index >= 15 is 0 Å². The molecule has 3 heteroatoms. The van der Waals surface area contributed by atoms with Crippen molar-refractivity contribution in [2.75, 3.05) is 0 Å². The van der Waals surface area contributed by atoms with Gasteiger partial charge >= 0.3 is 6.43 Å². The Labute approximate surface area is 63.8 Å². The summed E-state index contributed by atoms with van der Waals surface area (Å²) in [6.45, 7) is 0.383. The van der Waals surface area contributed by atoms with Crippen LogP contribution in [0, 0.1) is 6.43 Å². The van der Waals surface area contributed by atoms with E-state index in [1.165, 1.54) is 12.1 Å². The van der Waals surface area contributed by atoms with E-state index in [2.05, 4.69) is 0 Å². The van der Waals surface area contributed by atoms with Crippen LogP contribution in [-0.2, 0) is 6.54 Å². The van der Waals surface area contributed by atoms with Crippen molar-refractivity contribution in [2.24, 2.45) is 5.73 Å². The van der Waals surface area contributed by atoms with Crippen LogP contribution in [0.5, 0.6) is 0 Å². The van der Waals surface area contributed by atoms with Gasteiger partial charge in [0.05, 0.1) is 0 Å². The van der Waals surface area contributed by atoms with Crippen molar-refractivity contribution in [3.05, 3.63) is 41.8 Å². The fourth-order valence-electron chi connectivity index (χ4n) is 0.767. The lowest BCUT2D eigenvalue weighted by Crippen LogP contribution is -1.96. The van der Waals surface area contributed by atoms with Gasteiger partial charge in [0.25, 0.3) is 0 Å². The van der Waals surface area contributed by atoms with E-state index in [1.54, 1.807) is 12.1 Å². The molecule has 1 radical (unpaired) electrons. The van der Waals surface area contributed by atoms with Crippen LogP contribution >= 0.6 is 0 Å². The predicted molar refractivity (Wildman–Crippen MR) is 38.9 cm³/mol. The highest BCUT2D eigenvalue weighted by Crippen LogP contribution is 2.17. The molecule has 0 heterocycles. The number of hydrogen-bond donors (Lipinski definition) is 1. The summed E-state index contributed by atoms with van der Waals surface area (Å²) in [6, 6.07) is 5.90. The first-order valence-electron chi connectivity index (χ1n) is 3.21. The zero-order valence-corrected chi connectivity index (χ0v) is 5.85. The van der Waals surface area contributed by atoms with Gasteiger partial charge in [0.15, 0.2) is 0 Å². The summed E-state index contributed by atoms with van der Waals surface area (Å²) in [5.74, 6) is 0. The fourth-order valence-corrected chi connectivity index (χ4v) is 0.767. The number of rotatable bonds is 2. The normalized spacial score (nSPS) is 10.5. The van der Waals surface area contributed by atoms with Crippen LogP contribution in [0.3, 0.4) is 0 Å². The number of nitrogens with two attached hydrogens (primary N) is 1. The maximum Gasteiger partial charge on any atom is 0.339 e. The largest absolute Gasteiger partial charge is 0.339 e. The Bertz CT molecular complexity index is 218. The molecule has 0 amide bonds. The van der Waals surface area contributed by atoms with Gasteiger partial charge in [-0.05, 0) is 5.56 Å². The van der Waals surface area contributed by atoms with E-state index in [1.807, 2.05) is 0 Å². The number of halogens is 2. The maximum absolute atomic E-state index is 11.9. The molecule has 0 spiro atoms. The molecule has 0 fully saturated rings. The van der Waals surface area contributed by atoms with E-state index in [0.717, 1.165) is 5.56 Å². The van der Waals surface area contributed by atoms with Crippen LogP contribution in [0.4, 0.5) is 8.78 Å². The van der Waals surface area contributed by atoms with Gasteiger partial charge < -0.3 is 5.73 Å². The molecular formula is C8H8F2N. The quantitative estimate of drug-likeness (QED) is 0.695. The van der Waals surface area contributed by atoms with Gasteiger partial charge in [-0.3, -0.25) is 0 Å². The van der Waals surface area contributed by atoms with Gasteiger partial charge in [0, 0.05) is 12.1 Å². The average molecular weight is 156 g/mol. The van der Waals surface area contributed by atoms with Gasteiger partial charge in [-0.2, -0.15) is 8.78 Å². The molecule has 1 nitrogen and oxygen atoms in total. The second-order valence-corrected chi connectivity index (χ2v) is 2.16. The first kappa shape index (κ1) is 8.14. The molecule has 0 unspecified atom stereocenters. The zero-order chi connectivity index (χ0) is 8.27. The van der Waals surface area contributed by atoms with Crippen LogP contribution in [0.2, 0.25) is 0 Å². The van der Waals surface area contributed by atoms with Gasteiger partial charge in [0.2, 0.25) is 0 Å². The van der Waals surface area contributed by atoms with Gasteiger partial charge in [-0.1, -0.05) is 24.3 Å². The highest BCUT2D eigenvalue weighted by Gasteiger charge is 2.07. The van der Waals surface area contributed by atoms with Crippen LogP contribution < -0.4 is 5.73 Å². The molecule has 0 aliphatic rings. The smallest absolute Gasteiger partial charge is 0.326 e. The topological polar surface area (TPSA) is 26.0 Å². The van der Waals surface area contributed by atoms with Gasteiger partial charge in [0.1, 0.15) is 0 Å². The SMILES string of the molecule is NCc1ccc([C](F)F)cc1. The first-order chi connectivity index (χ1) is 5.24. The Morgan fingerprint density at radius 2 is 1.73 bits per heavy atom. The number of benzene rings is 1. The molecule has 0 bridgehead atoms. The highest BCUT2D eigenvalue weighted by atomic mass is 19.3. The predicted octanol–water partition coefficient (Wildman–Crippen LogP) is 1.92. The minimum Gasteiger partial charge on any atom is -0.326 e. The lowest BCUT2D eigenvalue weighted by atomic mass is 10.1. The van der Waals surface area contributed by atoms with Crippen molar-refractivity contribution in [1.29, 1.82) is 0 Å². The molecule has 1 aromatic carbocycles. The average Bonchev–Trinajstić information content (AvgIpc) is 2.05. The van der Waals surface area contributed by atoms with Crippen LogP contribution in [0.1, 0.15) is 11.1 Å². The molecular weight excluding hydrogens is 148 g/mol. The lowest BCUT2D eigenvalue weighted by molar-refractivity contribution is 0.325. The van der Waals surface area contributed by atoms with Crippen LogP contribution in [0.15, 0.2) is 24.3 Å². The summed E-state index contributed by atoms with van der Waals surface area (Å²) < 4.78 is 23.8. The third kappa shape index (κ3) is 1.98. The van der Waals surface area contributed by atoms with E-state index in [4.69, 9.17) is 5.73 Å². The lowest BCUT2D eigenvalue weighted by Gasteiger charge is -1.98. The fraction of sp³-hybridized carbons (Fsp3) is 0.125. The molecule has 59 valence electrons. The minimum atomic E-state index is -1.66. The Morgan fingerprint density at radius 1 is 1.18 bits per heavy atom. The third-order valence-electron chi connectivity index (χ3n) is 1.41. The second kappa shape index (κ2) is 3.44. The van der Waals surface area contributed by atoms with Crippen molar-refractivity contribution >= 4 is 0 Å². The molecule has 11 heavy (non-hydrogen) atoms. The Kier molecular flexibility index (Phi) is 2.54. The minimum absolute atomic E-state index is 0.0396. The third-order valence-corrected chi connectivity index (χ3v) is 1.41. The summed E-state index contributed by atoms with van der Waals surface area (Å²) in [5, 5.41) is 0. The summed E-state index contributed by atoms with van der Waals surface area (Å²) in [5.41, 5.74) is 6.10. The van der Waals surface area contributed by atoms with Crippen molar-refractivity contribution in [3.63, 3.8) is 0 Å². The molecule has 2 N–H and O–H groups in total. The Hall–Kier alpha value is -0.960. The standard InChI is InChI=1S/C8H8F2N/c9-8(10)7-3-1-6(5-11)2-4-7/h1-4H,5,11H2. The molecule has 0 saturated heterocycles. The number of hydrogen-bond acceptors (Lipinski definition) is 1. The summed E-state index contributed by atoms with van der Waals surface area (Å²) in [7, 11) is 0. The molecule has 1 rings (SSSR count). The summed E-state index contributed by atoms with van der Waals surface area (Å²) in [6.07, 6.45) is -1.66. The Balaban J connectivity index is 2.83. The van der Waals surface area contributed by atoms with Crippen molar-refractivity contribution < 1.29 is 8.78 Å². The maximum atomic E-state index is 11.9. The van der Waals surface area contributed by atoms with Crippen molar-refractivity contribution in [1.82, 2.24) is 0 Å². The van der Waals surface area contributed by atoms with Crippen molar-refractivity contribution in [2.45, 2.75) is 6.54 Å². The van der Waals surface area contributed by atoms with E-state index in [0.29, 0.717) is 6.54 Å². The Morgan fingerprint density at radius 3 is 2.09 bits per heavy atom. The van der Waals surface area contributed by atoms with Crippen LogP contribution in [0.25, 0.3) is 0 Å². The van der Waals surface area contributed by atoms with Crippen LogP contribution in [-0.4, -0.2) is 0 Å². The van der Waals surface area contributed by atoms with Gasteiger partial charge in [-0.25, -0.2) is 0 Å². The molecule has 0 atom stereocenters. The molecule has 0 aromatic heterocycles. The molecule has 0 saturated carbocycles. The molecule has 0 aliphatic carbocycles. The van der Waals surface area contributed by atoms with Gasteiger partial charge in [-0.15, -0.1) is 0 Å². The summed E-state index contributed by atoms with van der Waals surface area (Å²) >= 11 is 0. The van der Waals surface area contributed by atoms with E-state index < -0.39 is 6.43 Å². The van der Waals surface area contributed by atoms with Crippen molar-refractivity contribution in [3.8, 4) is 0 Å². The molecule has 1 aromatic rings. The van der Waals surface area contributed by atoms with E-state index in [9.17, 15) is 8.78 Å². The second-order valence-electron chi connectivity index (χ2n) is 2.16. The van der Waals surface area contributed by atoms with E-state index in [-0.39, 0.29) is 5.56 Å². The highest BCUT2D eigenvalue weighted by molar-refractivity contribution is 5.27. The molecule has 0 aliphatic heterocycles. The summed E-state index contributed by atoms with van der Waals surface area (Å²) in [4.78, 5) is 0. The first-order valence-corrected chi connectivity index (χ1v) is 3.21.